The van der Waals surface area contributed by atoms with Crippen LogP contribution in [0.2, 0.25) is 0 Å². The number of thiophene rings is 1. The number of hydrogen-bond donors (Lipinski definition) is 0. The summed E-state index contributed by atoms with van der Waals surface area (Å²) in [7, 11) is 4.59. The minimum Gasteiger partial charge on any atom is -0.497 e. The average molecular weight is 482 g/mol. The van der Waals surface area contributed by atoms with Gasteiger partial charge in [-0.1, -0.05) is 18.2 Å². The molecule has 178 valence electrons. The van der Waals surface area contributed by atoms with Crippen LogP contribution in [0.4, 0.5) is 0 Å². The van der Waals surface area contributed by atoms with Gasteiger partial charge in [0.15, 0.2) is 11.2 Å². The van der Waals surface area contributed by atoms with Crippen molar-refractivity contribution in [3.05, 3.63) is 79.4 Å². The van der Waals surface area contributed by atoms with Crippen molar-refractivity contribution in [3.8, 4) is 5.75 Å². The first kappa shape index (κ1) is 23.5. The number of carbonyl (C=O) groups excluding carboxylic acids is 1. The van der Waals surface area contributed by atoms with E-state index in [2.05, 4.69) is 11.1 Å². The maximum atomic E-state index is 13.6. The molecular formula is C24H27N5O4S. The predicted molar refractivity (Wildman–Crippen MR) is 131 cm³/mol. The summed E-state index contributed by atoms with van der Waals surface area (Å²) in [4.78, 5) is 45.8. The molecule has 1 aromatic carbocycles. The van der Waals surface area contributed by atoms with Gasteiger partial charge in [-0.25, -0.2) is 9.78 Å². The topological polar surface area (TPSA) is 91.4 Å². The number of aryl methyl sites for hydroxylation is 1. The van der Waals surface area contributed by atoms with E-state index in [1.165, 1.54) is 27.4 Å². The van der Waals surface area contributed by atoms with Crippen molar-refractivity contribution >= 4 is 28.4 Å². The summed E-state index contributed by atoms with van der Waals surface area (Å²) in [6.07, 6.45) is 2.17. The Bertz CT molecular complexity index is 1420. The number of amides is 1. The SMILES string of the molecule is COc1ccc(CN(C(=O)Cn2cnc3c2c(=O)n(C)c(=O)n3C)[C@H](C)Cc2cccs2)cc1. The van der Waals surface area contributed by atoms with Gasteiger partial charge in [0.25, 0.3) is 5.56 Å². The lowest BCUT2D eigenvalue weighted by Crippen LogP contribution is -2.42. The number of aromatic nitrogens is 4. The zero-order valence-electron chi connectivity index (χ0n) is 19.6. The van der Waals surface area contributed by atoms with E-state index in [0.717, 1.165) is 22.3 Å². The highest BCUT2D eigenvalue weighted by Gasteiger charge is 2.23. The van der Waals surface area contributed by atoms with Gasteiger partial charge in [-0.15, -0.1) is 11.3 Å². The van der Waals surface area contributed by atoms with Crippen molar-refractivity contribution in [3.63, 3.8) is 0 Å². The standard InChI is InChI=1S/C24H27N5O4S/c1-16(12-19-6-5-11-34-19)29(13-17-7-9-18(33-4)10-8-17)20(30)14-28-15-25-22-21(28)23(31)27(3)24(32)26(22)2/h5-11,15-16H,12-14H2,1-4H3/t16-/m1/s1. The lowest BCUT2D eigenvalue weighted by molar-refractivity contribution is -0.134. The lowest BCUT2D eigenvalue weighted by atomic mass is 10.1. The minimum absolute atomic E-state index is 0.0606. The number of imidazole rings is 1. The van der Waals surface area contributed by atoms with Crippen LogP contribution in [0, 0.1) is 0 Å². The number of methoxy groups -OCH3 is 1. The van der Waals surface area contributed by atoms with Gasteiger partial charge < -0.3 is 14.2 Å². The molecule has 0 aliphatic heterocycles. The molecule has 3 aromatic heterocycles. The quantitative estimate of drug-likeness (QED) is 0.385. The summed E-state index contributed by atoms with van der Waals surface area (Å²) < 4.78 is 9.11. The highest BCUT2D eigenvalue weighted by Crippen LogP contribution is 2.19. The Labute approximate surface area is 200 Å². The van der Waals surface area contributed by atoms with Crippen LogP contribution in [0.3, 0.4) is 0 Å². The molecule has 0 unspecified atom stereocenters. The van der Waals surface area contributed by atoms with Crippen molar-refractivity contribution in [2.24, 2.45) is 14.1 Å². The fraction of sp³-hybridized carbons (Fsp3) is 0.333. The molecule has 1 atom stereocenters. The molecule has 0 spiro atoms. The van der Waals surface area contributed by atoms with Crippen molar-refractivity contribution in [2.45, 2.75) is 32.5 Å². The zero-order chi connectivity index (χ0) is 24.4. The highest BCUT2D eigenvalue weighted by atomic mass is 32.1. The molecule has 9 nitrogen and oxygen atoms in total. The van der Waals surface area contributed by atoms with Gasteiger partial charge in [0.2, 0.25) is 5.91 Å². The molecule has 10 heteroatoms. The average Bonchev–Trinajstić information content (AvgIpc) is 3.50. The summed E-state index contributed by atoms with van der Waals surface area (Å²) in [5.74, 6) is 0.606. The molecule has 34 heavy (non-hydrogen) atoms. The summed E-state index contributed by atoms with van der Waals surface area (Å²) in [5.41, 5.74) is 0.528. The van der Waals surface area contributed by atoms with Crippen LogP contribution < -0.4 is 16.0 Å². The summed E-state index contributed by atoms with van der Waals surface area (Å²) >= 11 is 1.66. The second kappa shape index (κ2) is 9.68. The Balaban J connectivity index is 1.66. The van der Waals surface area contributed by atoms with Crippen LogP contribution in [-0.2, 0) is 38.4 Å². The number of nitrogens with zero attached hydrogens (tertiary/aromatic N) is 5. The van der Waals surface area contributed by atoms with Crippen molar-refractivity contribution in [2.75, 3.05) is 7.11 Å². The Hall–Kier alpha value is -3.66. The number of benzene rings is 1. The van der Waals surface area contributed by atoms with E-state index >= 15 is 0 Å². The first-order chi connectivity index (χ1) is 16.3. The smallest absolute Gasteiger partial charge is 0.332 e. The third kappa shape index (κ3) is 4.54. The third-order valence-electron chi connectivity index (χ3n) is 5.96. The van der Waals surface area contributed by atoms with E-state index < -0.39 is 11.2 Å². The second-order valence-electron chi connectivity index (χ2n) is 8.25. The van der Waals surface area contributed by atoms with Gasteiger partial charge in [-0.3, -0.25) is 18.7 Å². The van der Waals surface area contributed by atoms with Crippen LogP contribution in [-0.4, -0.2) is 42.6 Å². The number of fused-ring (bicyclic) bond motifs is 1. The Morgan fingerprint density at radius 1 is 1.15 bits per heavy atom. The molecule has 3 heterocycles. The summed E-state index contributed by atoms with van der Waals surface area (Å²) in [6, 6.07) is 11.6. The van der Waals surface area contributed by atoms with Crippen LogP contribution in [0.5, 0.6) is 5.75 Å². The monoisotopic (exact) mass is 481 g/mol. The van der Waals surface area contributed by atoms with Crippen molar-refractivity contribution in [1.29, 1.82) is 0 Å². The van der Waals surface area contributed by atoms with Crippen LogP contribution in [0.15, 0.2) is 57.7 Å². The number of rotatable bonds is 8. The Morgan fingerprint density at radius 2 is 1.88 bits per heavy atom. The summed E-state index contributed by atoms with van der Waals surface area (Å²) in [6.45, 7) is 2.38. The molecular weight excluding hydrogens is 454 g/mol. The molecule has 0 saturated carbocycles. The molecule has 1 amide bonds. The molecule has 0 saturated heterocycles. The normalized spacial score (nSPS) is 12.1. The molecule has 0 N–H and O–H groups in total. The molecule has 4 aromatic rings. The third-order valence-corrected chi connectivity index (χ3v) is 6.86. The number of ether oxygens (including phenoxy) is 1. The van der Waals surface area contributed by atoms with Crippen LogP contribution >= 0.6 is 11.3 Å². The maximum Gasteiger partial charge on any atom is 0.332 e. The summed E-state index contributed by atoms with van der Waals surface area (Å²) in [5, 5.41) is 2.02. The Morgan fingerprint density at radius 3 is 2.53 bits per heavy atom. The highest BCUT2D eigenvalue weighted by molar-refractivity contribution is 7.09. The van der Waals surface area contributed by atoms with E-state index in [-0.39, 0.29) is 29.7 Å². The fourth-order valence-corrected chi connectivity index (χ4v) is 4.83. The molecule has 0 aliphatic rings. The zero-order valence-corrected chi connectivity index (χ0v) is 20.4. The van der Waals surface area contributed by atoms with E-state index in [9.17, 15) is 14.4 Å². The van der Waals surface area contributed by atoms with Gasteiger partial charge in [-0.05, 0) is 36.1 Å². The first-order valence-electron chi connectivity index (χ1n) is 10.9. The second-order valence-corrected chi connectivity index (χ2v) is 9.28. The largest absolute Gasteiger partial charge is 0.497 e. The van der Waals surface area contributed by atoms with Gasteiger partial charge in [-0.2, -0.15) is 0 Å². The van der Waals surface area contributed by atoms with E-state index in [4.69, 9.17) is 4.74 Å². The van der Waals surface area contributed by atoms with Gasteiger partial charge in [0.05, 0.1) is 13.4 Å². The molecule has 0 fully saturated rings. The molecule has 0 aliphatic carbocycles. The van der Waals surface area contributed by atoms with Crippen molar-refractivity contribution in [1.82, 2.24) is 23.6 Å². The number of carbonyl (C=O) groups is 1. The van der Waals surface area contributed by atoms with E-state index in [0.29, 0.717) is 6.54 Å². The van der Waals surface area contributed by atoms with E-state index in [1.807, 2.05) is 47.5 Å². The predicted octanol–water partition coefficient (Wildman–Crippen LogP) is 2.16. The molecule has 0 bridgehead atoms. The van der Waals surface area contributed by atoms with Gasteiger partial charge >= 0.3 is 5.69 Å². The fourth-order valence-electron chi connectivity index (χ4n) is 4.00. The molecule has 4 rings (SSSR count). The Kier molecular flexibility index (Phi) is 6.69. The minimum atomic E-state index is -0.475. The van der Waals surface area contributed by atoms with Crippen molar-refractivity contribution < 1.29 is 9.53 Å². The lowest BCUT2D eigenvalue weighted by Gasteiger charge is -2.29. The first-order valence-corrected chi connectivity index (χ1v) is 11.7. The van der Waals surface area contributed by atoms with E-state index in [1.54, 1.807) is 25.5 Å². The van der Waals surface area contributed by atoms with Crippen LogP contribution in [0.1, 0.15) is 17.4 Å². The molecule has 0 radical (unpaired) electrons. The van der Waals surface area contributed by atoms with Gasteiger partial charge in [0, 0.05) is 38.0 Å². The maximum absolute atomic E-state index is 13.6. The number of hydrogen-bond acceptors (Lipinski definition) is 6. The van der Waals surface area contributed by atoms with Crippen LogP contribution in [0.25, 0.3) is 11.2 Å². The van der Waals surface area contributed by atoms with Gasteiger partial charge in [0.1, 0.15) is 12.3 Å².